The van der Waals surface area contributed by atoms with E-state index in [1.54, 1.807) is 0 Å². The minimum Gasteiger partial charge on any atom is -0.378 e. The van der Waals surface area contributed by atoms with Crippen LogP contribution < -0.4 is 5.32 Å². The molecule has 0 aromatic heterocycles. The molecule has 4 nitrogen and oxygen atoms in total. The fourth-order valence-corrected chi connectivity index (χ4v) is 2.04. The van der Waals surface area contributed by atoms with Gasteiger partial charge in [0.25, 0.3) is 0 Å². The molecule has 20 heavy (non-hydrogen) atoms. The fourth-order valence-electron chi connectivity index (χ4n) is 2.04. The van der Waals surface area contributed by atoms with Crippen LogP contribution in [0.15, 0.2) is 4.99 Å². The summed E-state index contributed by atoms with van der Waals surface area (Å²) in [7, 11) is 3.93. The van der Waals surface area contributed by atoms with Gasteiger partial charge in [-0.1, -0.05) is 27.2 Å². The van der Waals surface area contributed by atoms with Gasteiger partial charge in [-0.05, 0) is 25.7 Å². The van der Waals surface area contributed by atoms with E-state index in [0.29, 0.717) is 12.0 Å². The highest BCUT2D eigenvalue weighted by atomic mass is 127. The van der Waals surface area contributed by atoms with Gasteiger partial charge in [-0.3, -0.25) is 4.99 Å². The van der Waals surface area contributed by atoms with Gasteiger partial charge in [0.05, 0.1) is 6.10 Å². The highest BCUT2D eigenvalue weighted by Crippen LogP contribution is 2.10. The van der Waals surface area contributed by atoms with Crippen molar-refractivity contribution in [2.45, 2.75) is 53.1 Å². The summed E-state index contributed by atoms with van der Waals surface area (Å²) in [5.74, 6) is 1.54. The summed E-state index contributed by atoms with van der Waals surface area (Å²) < 4.78 is 5.75. The SMILES string of the molecule is CCCCN(C)C(=NC)NCCC(OCC)C(C)C.I. The summed E-state index contributed by atoms with van der Waals surface area (Å²) in [6.07, 6.45) is 3.76. The predicted octanol–water partition coefficient (Wildman–Crippen LogP) is 3.36. The van der Waals surface area contributed by atoms with E-state index in [1.807, 2.05) is 7.05 Å². The van der Waals surface area contributed by atoms with Crippen LogP contribution >= 0.6 is 24.0 Å². The van der Waals surface area contributed by atoms with E-state index in [-0.39, 0.29) is 24.0 Å². The molecule has 1 unspecified atom stereocenters. The molecule has 0 aromatic rings. The van der Waals surface area contributed by atoms with Crippen molar-refractivity contribution in [2.75, 3.05) is 33.8 Å². The second kappa shape index (κ2) is 13.9. The molecule has 5 heteroatoms. The molecule has 0 saturated heterocycles. The van der Waals surface area contributed by atoms with Crippen LogP contribution in [0, 0.1) is 5.92 Å². The van der Waals surface area contributed by atoms with Gasteiger partial charge in [-0.25, -0.2) is 0 Å². The molecule has 0 spiro atoms. The molecule has 0 radical (unpaired) electrons. The van der Waals surface area contributed by atoms with Gasteiger partial charge in [0.15, 0.2) is 5.96 Å². The number of halogens is 1. The Kier molecular flexibility index (Phi) is 15.5. The quantitative estimate of drug-likeness (QED) is 0.367. The third-order valence-corrected chi connectivity index (χ3v) is 3.26. The standard InChI is InChI=1S/C15H33N3O.HI/c1-7-9-12-18(6)15(16-5)17-11-10-14(13(3)4)19-8-2;/h13-14H,7-12H2,1-6H3,(H,16,17);1H. The molecule has 1 N–H and O–H groups in total. The monoisotopic (exact) mass is 399 g/mol. The summed E-state index contributed by atoms with van der Waals surface area (Å²) in [5, 5.41) is 3.42. The molecule has 0 aliphatic carbocycles. The van der Waals surface area contributed by atoms with Crippen molar-refractivity contribution in [3.8, 4) is 0 Å². The van der Waals surface area contributed by atoms with Crippen molar-refractivity contribution in [1.82, 2.24) is 10.2 Å². The number of unbranched alkanes of at least 4 members (excludes halogenated alkanes) is 1. The van der Waals surface area contributed by atoms with E-state index in [9.17, 15) is 0 Å². The lowest BCUT2D eigenvalue weighted by atomic mass is 10.0. The van der Waals surface area contributed by atoms with Crippen molar-refractivity contribution >= 4 is 29.9 Å². The van der Waals surface area contributed by atoms with Crippen LogP contribution in [-0.4, -0.2) is 50.8 Å². The Morgan fingerprint density at radius 2 is 1.95 bits per heavy atom. The predicted molar refractivity (Wildman–Crippen MR) is 99.2 cm³/mol. The maximum absolute atomic E-state index is 5.75. The highest BCUT2D eigenvalue weighted by molar-refractivity contribution is 14.0. The third kappa shape index (κ3) is 9.80. The number of ether oxygens (including phenoxy) is 1. The van der Waals surface area contributed by atoms with Crippen LogP contribution in [0.1, 0.15) is 47.0 Å². The molecule has 0 aliphatic heterocycles. The normalized spacial score (nSPS) is 13.1. The van der Waals surface area contributed by atoms with Crippen molar-refractivity contribution < 1.29 is 4.74 Å². The van der Waals surface area contributed by atoms with Crippen LogP contribution in [0.25, 0.3) is 0 Å². The van der Waals surface area contributed by atoms with E-state index in [1.165, 1.54) is 12.8 Å². The van der Waals surface area contributed by atoms with Crippen molar-refractivity contribution in [3.05, 3.63) is 0 Å². The fraction of sp³-hybridized carbons (Fsp3) is 0.933. The second-order valence-electron chi connectivity index (χ2n) is 5.28. The van der Waals surface area contributed by atoms with Gasteiger partial charge >= 0.3 is 0 Å². The number of guanidine groups is 1. The summed E-state index contributed by atoms with van der Waals surface area (Å²) >= 11 is 0. The van der Waals surface area contributed by atoms with Crippen molar-refractivity contribution in [3.63, 3.8) is 0 Å². The summed E-state index contributed by atoms with van der Waals surface area (Å²) in [6.45, 7) is 11.4. The highest BCUT2D eigenvalue weighted by Gasteiger charge is 2.13. The Morgan fingerprint density at radius 3 is 2.40 bits per heavy atom. The molecule has 0 bridgehead atoms. The Labute approximate surface area is 142 Å². The number of nitrogens with one attached hydrogen (secondary N) is 1. The minimum absolute atomic E-state index is 0. The zero-order valence-corrected chi connectivity index (χ0v) is 16.4. The Balaban J connectivity index is 0. The largest absolute Gasteiger partial charge is 0.378 e. The van der Waals surface area contributed by atoms with Crippen LogP contribution in [0.3, 0.4) is 0 Å². The minimum atomic E-state index is 0. The topological polar surface area (TPSA) is 36.9 Å². The molecule has 0 heterocycles. The first-order valence-electron chi connectivity index (χ1n) is 7.60. The molecule has 0 saturated carbocycles. The molecular weight excluding hydrogens is 365 g/mol. The molecule has 0 amide bonds. The van der Waals surface area contributed by atoms with E-state index in [4.69, 9.17) is 4.74 Å². The molecule has 0 aromatic carbocycles. The van der Waals surface area contributed by atoms with Gasteiger partial charge in [-0.15, -0.1) is 24.0 Å². The van der Waals surface area contributed by atoms with E-state index >= 15 is 0 Å². The third-order valence-electron chi connectivity index (χ3n) is 3.26. The van der Waals surface area contributed by atoms with Gasteiger partial charge in [0.1, 0.15) is 0 Å². The zero-order valence-electron chi connectivity index (χ0n) is 14.1. The number of hydrogen-bond donors (Lipinski definition) is 1. The molecule has 0 fully saturated rings. The maximum Gasteiger partial charge on any atom is 0.193 e. The van der Waals surface area contributed by atoms with Crippen molar-refractivity contribution in [2.24, 2.45) is 10.9 Å². The van der Waals surface area contributed by atoms with E-state index in [0.717, 1.165) is 32.1 Å². The number of aliphatic imine (C=N–C) groups is 1. The number of nitrogens with zero attached hydrogens (tertiary/aromatic N) is 2. The van der Waals surface area contributed by atoms with Gasteiger partial charge in [-0.2, -0.15) is 0 Å². The Hall–Kier alpha value is -0.0400. The summed E-state index contributed by atoms with van der Waals surface area (Å²) in [5.41, 5.74) is 0. The average Bonchev–Trinajstić information content (AvgIpc) is 2.39. The lowest BCUT2D eigenvalue weighted by Gasteiger charge is -2.24. The van der Waals surface area contributed by atoms with Crippen LogP contribution in [-0.2, 0) is 4.74 Å². The smallest absolute Gasteiger partial charge is 0.193 e. The van der Waals surface area contributed by atoms with Gasteiger partial charge < -0.3 is 15.0 Å². The Bertz CT molecular complexity index is 247. The molecular formula is C15H34IN3O. The van der Waals surface area contributed by atoms with E-state index < -0.39 is 0 Å². The van der Waals surface area contributed by atoms with Gasteiger partial charge in [0.2, 0.25) is 0 Å². The maximum atomic E-state index is 5.75. The molecule has 122 valence electrons. The Morgan fingerprint density at radius 1 is 1.30 bits per heavy atom. The van der Waals surface area contributed by atoms with Crippen LogP contribution in [0.4, 0.5) is 0 Å². The average molecular weight is 399 g/mol. The first kappa shape index (κ1) is 22.2. The van der Waals surface area contributed by atoms with Gasteiger partial charge in [0, 0.05) is 33.8 Å². The summed E-state index contributed by atoms with van der Waals surface area (Å²) in [6, 6.07) is 0. The number of rotatable bonds is 9. The lowest BCUT2D eigenvalue weighted by molar-refractivity contribution is 0.0257. The lowest BCUT2D eigenvalue weighted by Crippen LogP contribution is -2.41. The molecule has 1 atom stereocenters. The van der Waals surface area contributed by atoms with Crippen molar-refractivity contribution in [1.29, 1.82) is 0 Å². The number of hydrogen-bond acceptors (Lipinski definition) is 2. The first-order valence-corrected chi connectivity index (χ1v) is 7.60. The van der Waals surface area contributed by atoms with Crippen LogP contribution in [0.2, 0.25) is 0 Å². The summed E-state index contributed by atoms with van der Waals surface area (Å²) in [4.78, 5) is 6.51. The zero-order chi connectivity index (χ0) is 14.7. The van der Waals surface area contributed by atoms with Crippen LogP contribution in [0.5, 0.6) is 0 Å². The second-order valence-corrected chi connectivity index (χ2v) is 5.28. The first-order chi connectivity index (χ1) is 9.06. The molecule has 0 aliphatic rings. The molecule has 0 rings (SSSR count). The van der Waals surface area contributed by atoms with E-state index in [2.05, 4.69) is 50.0 Å².